The van der Waals surface area contributed by atoms with Crippen molar-refractivity contribution in [3.8, 4) is 5.75 Å². The summed E-state index contributed by atoms with van der Waals surface area (Å²) in [6.45, 7) is -1.09. The first-order valence-electron chi connectivity index (χ1n) is 7.88. The fourth-order valence-electron chi connectivity index (χ4n) is 1.82. The third-order valence-corrected chi connectivity index (χ3v) is 4.31. The highest BCUT2D eigenvalue weighted by atomic mass is 79.9. The van der Waals surface area contributed by atoms with Crippen molar-refractivity contribution < 1.29 is 32.6 Å². The van der Waals surface area contributed by atoms with Crippen molar-refractivity contribution in [3.05, 3.63) is 52.6 Å². The number of carbonyl (C=O) groups excluding carboxylic acids is 3. The molecule has 2 aromatic rings. The number of thioether (sulfide) groups is 1. The smallest absolute Gasteiger partial charge is 0.341 e. The predicted octanol–water partition coefficient (Wildman–Crippen LogP) is 2.54. The molecule has 0 aliphatic carbocycles. The Morgan fingerprint density at radius 1 is 1.07 bits per heavy atom. The molecule has 0 saturated heterocycles. The van der Waals surface area contributed by atoms with Gasteiger partial charge in [-0.2, -0.15) is 8.78 Å². The normalized spacial score (nSPS) is 10.3. The van der Waals surface area contributed by atoms with E-state index in [9.17, 15) is 23.2 Å². The lowest BCUT2D eigenvalue weighted by Crippen LogP contribution is -2.45. The van der Waals surface area contributed by atoms with Crippen LogP contribution in [0.1, 0.15) is 10.4 Å². The van der Waals surface area contributed by atoms with Crippen LogP contribution in [0.2, 0.25) is 0 Å². The Labute approximate surface area is 176 Å². The molecule has 154 valence electrons. The number of esters is 1. The summed E-state index contributed by atoms with van der Waals surface area (Å²) in [5.41, 5.74) is 3.93. The van der Waals surface area contributed by atoms with Crippen molar-refractivity contribution in [2.24, 2.45) is 0 Å². The summed E-state index contributed by atoms with van der Waals surface area (Å²) in [5.74, 6) is -4.79. The summed E-state index contributed by atoms with van der Waals surface area (Å²) in [6.07, 6.45) is 1.25. The number of rotatable bonds is 8. The van der Waals surface area contributed by atoms with Gasteiger partial charge in [0, 0.05) is 10.7 Å². The Morgan fingerprint density at radius 3 is 2.38 bits per heavy atom. The van der Waals surface area contributed by atoms with Gasteiger partial charge in [0.25, 0.3) is 17.6 Å². The largest absolute Gasteiger partial charge is 0.484 e. The van der Waals surface area contributed by atoms with Gasteiger partial charge >= 0.3 is 5.97 Å². The molecule has 0 bridgehead atoms. The molecule has 0 saturated carbocycles. The number of halogens is 3. The molecule has 1 aromatic heterocycles. The monoisotopic (exact) mass is 489 g/mol. The second-order valence-electron chi connectivity index (χ2n) is 5.15. The SMILES string of the molecule is O=C(COC(=O)c1cccnc1SC(F)F)NNC(=O)COc1ccc(Br)cc1. The summed E-state index contributed by atoms with van der Waals surface area (Å²) in [6, 6.07) is 9.38. The van der Waals surface area contributed by atoms with Crippen molar-refractivity contribution in [2.45, 2.75) is 10.8 Å². The van der Waals surface area contributed by atoms with E-state index >= 15 is 0 Å². The molecule has 1 heterocycles. The number of ether oxygens (including phenoxy) is 2. The van der Waals surface area contributed by atoms with Gasteiger partial charge in [0.05, 0.1) is 5.56 Å². The molecule has 0 aliphatic rings. The maximum atomic E-state index is 12.5. The lowest BCUT2D eigenvalue weighted by Gasteiger charge is -2.10. The standard InChI is InChI=1S/C17H14BrF2N3O5S/c18-10-3-5-11(6-4-10)27-8-13(24)22-23-14(25)9-28-16(26)12-2-1-7-21-15(12)29-17(19)20/h1-7,17H,8-9H2,(H,22,24)(H,23,25). The molecular weight excluding hydrogens is 476 g/mol. The number of carbonyl (C=O) groups is 3. The molecule has 0 aliphatic heterocycles. The predicted molar refractivity (Wildman–Crippen MR) is 102 cm³/mol. The summed E-state index contributed by atoms with van der Waals surface area (Å²) < 4.78 is 35.8. The molecule has 0 radical (unpaired) electrons. The molecule has 8 nitrogen and oxygen atoms in total. The number of nitrogens with one attached hydrogen (secondary N) is 2. The van der Waals surface area contributed by atoms with Crippen molar-refractivity contribution in [3.63, 3.8) is 0 Å². The number of aromatic nitrogens is 1. The van der Waals surface area contributed by atoms with Crippen molar-refractivity contribution in [2.75, 3.05) is 13.2 Å². The molecule has 0 fully saturated rings. The molecule has 1 aromatic carbocycles. The maximum Gasteiger partial charge on any atom is 0.341 e. The second-order valence-corrected chi connectivity index (χ2v) is 7.04. The molecule has 0 unspecified atom stereocenters. The Kier molecular flexibility index (Phi) is 8.80. The van der Waals surface area contributed by atoms with E-state index in [2.05, 4.69) is 26.3 Å². The number of hydrogen-bond acceptors (Lipinski definition) is 7. The summed E-state index contributed by atoms with van der Waals surface area (Å²) in [5, 5.41) is -0.216. The Morgan fingerprint density at radius 2 is 1.72 bits per heavy atom. The van der Waals surface area contributed by atoms with Gasteiger partial charge < -0.3 is 9.47 Å². The first-order valence-corrected chi connectivity index (χ1v) is 9.55. The van der Waals surface area contributed by atoms with Crippen LogP contribution in [-0.2, 0) is 14.3 Å². The Balaban J connectivity index is 1.73. The highest BCUT2D eigenvalue weighted by molar-refractivity contribution is 9.10. The van der Waals surface area contributed by atoms with Gasteiger partial charge in [-0.25, -0.2) is 9.78 Å². The molecule has 2 N–H and O–H groups in total. The van der Waals surface area contributed by atoms with Crippen LogP contribution in [0, 0.1) is 0 Å². The number of alkyl halides is 2. The molecule has 29 heavy (non-hydrogen) atoms. The maximum absolute atomic E-state index is 12.5. The van der Waals surface area contributed by atoms with Crippen LogP contribution in [-0.4, -0.2) is 41.7 Å². The number of benzene rings is 1. The van der Waals surface area contributed by atoms with E-state index in [1.165, 1.54) is 18.3 Å². The van der Waals surface area contributed by atoms with E-state index in [1.807, 2.05) is 5.43 Å². The summed E-state index contributed by atoms with van der Waals surface area (Å²) in [7, 11) is 0. The fourth-order valence-corrected chi connectivity index (χ4v) is 2.66. The Bertz CT molecular complexity index is 870. The quantitative estimate of drug-likeness (QED) is 0.333. The topological polar surface area (TPSA) is 107 Å². The van der Waals surface area contributed by atoms with E-state index in [4.69, 9.17) is 9.47 Å². The van der Waals surface area contributed by atoms with E-state index in [0.29, 0.717) is 5.75 Å². The van der Waals surface area contributed by atoms with E-state index in [-0.39, 0.29) is 29.0 Å². The Hall–Kier alpha value is -2.73. The van der Waals surface area contributed by atoms with Crippen LogP contribution in [0.4, 0.5) is 8.78 Å². The summed E-state index contributed by atoms with van der Waals surface area (Å²) in [4.78, 5) is 39.0. The van der Waals surface area contributed by atoms with Crippen molar-refractivity contribution in [1.29, 1.82) is 0 Å². The van der Waals surface area contributed by atoms with Crippen LogP contribution in [0.25, 0.3) is 0 Å². The highest BCUT2D eigenvalue weighted by Crippen LogP contribution is 2.26. The molecule has 2 rings (SSSR count). The summed E-state index contributed by atoms with van der Waals surface area (Å²) >= 11 is 3.35. The highest BCUT2D eigenvalue weighted by Gasteiger charge is 2.18. The van der Waals surface area contributed by atoms with Gasteiger partial charge in [-0.05, 0) is 48.2 Å². The van der Waals surface area contributed by atoms with Gasteiger partial charge in [0.2, 0.25) is 0 Å². The van der Waals surface area contributed by atoms with Crippen LogP contribution in [0.3, 0.4) is 0 Å². The molecular formula is C17H14BrF2N3O5S. The first-order chi connectivity index (χ1) is 13.8. The minimum absolute atomic E-state index is 0.0868. The number of hydrogen-bond donors (Lipinski definition) is 2. The van der Waals surface area contributed by atoms with Crippen molar-refractivity contribution >= 4 is 45.5 Å². The number of pyridine rings is 1. The zero-order chi connectivity index (χ0) is 21.2. The third-order valence-electron chi connectivity index (χ3n) is 3.05. The number of nitrogens with zero attached hydrogens (tertiary/aromatic N) is 1. The minimum Gasteiger partial charge on any atom is -0.484 e. The molecule has 2 amide bonds. The lowest BCUT2D eigenvalue weighted by molar-refractivity contribution is -0.131. The van der Waals surface area contributed by atoms with Gasteiger partial charge in [0.1, 0.15) is 10.8 Å². The fraction of sp³-hybridized carbons (Fsp3) is 0.176. The van der Waals surface area contributed by atoms with Crippen molar-refractivity contribution in [1.82, 2.24) is 15.8 Å². The van der Waals surface area contributed by atoms with Gasteiger partial charge in [0.15, 0.2) is 13.2 Å². The van der Waals surface area contributed by atoms with Crippen LogP contribution < -0.4 is 15.6 Å². The second kappa shape index (κ2) is 11.3. The average molecular weight is 490 g/mol. The van der Waals surface area contributed by atoms with Gasteiger partial charge in [-0.1, -0.05) is 15.9 Å². The van der Waals surface area contributed by atoms with E-state index in [1.54, 1.807) is 24.3 Å². The van der Waals surface area contributed by atoms with E-state index in [0.717, 1.165) is 4.47 Å². The molecule has 12 heteroatoms. The molecule has 0 atom stereocenters. The van der Waals surface area contributed by atoms with Crippen LogP contribution in [0.5, 0.6) is 5.75 Å². The zero-order valence-electron chi connectivity index (χ0n) is 14.6. The lowest BCUT2D eigenvalue weighted by atomic mass is 10.3. The third kappa shape index (κ3) is 8.03. The number of amides is 2. The van der Waals surface area contributed by atoms with Gasteiger partial charge in [-0.15, -0.1) is 0 Å². The minimum atomic E-state index is -2.77. The van der Waals surface area contributed by atoms with E-state index < -0.39 is 30.1 Å². The average Bonchev–Trinajstić information content (AvgIpc) is 2.70. The number of hydrazine groups is 1. The zero-order valence-corrected chi connectivity index (χ0v) is 17.0. The molecule has 0 spiro atoms. The first kappa shape index (κ1) is 22.6. The van der Waals surface area contributed by atoms with Crippen LogP contribution >= 0.6 is 27.7 Å². The van der Waals surface area contributed by atoms with Gasteiger partial charge in [-0.3, -0.25) is 20.4 Å². The van der Waals surface area contributed by atoms with Crippen LogP contribution in [0.15, 0.2) is 52.1 Å².